The minimum atomic E-state index is -0.820. The Morgan fingerprint density at radius 1 is 1.16 bits per heavy atom. The Morgan fingerprint density at radius 3 is 2.71 bits per heavy atom. The van der Waals surface area contributed by atoms with Crippen molar-refractivity contribution in [3.8, 4) is 11.6 Å². The zero-order valence-corrected chi connectivity index (χ0v) is 18.2. The second-order valence-corrected chi connectivity index (χ2v) is 8.20. The van der Waals surface area contributed by atoms with Gasteiger partial charge in [0.05, 0.1) is 10.9 Å². The number of benzene rings is 1. The number of anilines is 1. The van der Waals surface area contributed by atoms with Crippen LogP contribution in [-0.2, 0) is 5.54 Å². The first-order chi connectivity index (χ1) is 14.8. The Kier molecular flexibility index (Phi) is 5.67. The predicted octanol–water partition coefficient (Wildman–Crippen LogP) is 2.82. The second kappa shape index (κ2) is 8.41. The summed E-state index contributed by atoms with van der Waals surface area (Å²) in [5, 5.41) is 0.786. The fourth-order valence-electron chi connectivity index (χ4n) is 3.46. The average molecular weight is 420 g/mol. The van der Waals surface area contributed by atoms with Crippen LogP contribution in [0, 0.1) is 0 Å². The largest absolute Gasteiger partial charge is 0.438 e. The van der Waals surface area contributed by atoms with E-state index in [1.54, 1.807) is 6.07 Å². The van der Waals surface area contributed by atoms with Crippen molar-refractivity contribution < 1.29 is 4.74 Å². The molecule has 4 rings (SSSR count). The summed E-state index contributed by atoms with van der Waals surface area (Å²) in [4.78, 5) is 16.9. The van der Waals surface area contributed by atoms with Gasteiger partial charge in [-0.2, -0.15) is 4.98 Å². The molecule has 0 radical (unpaired) electrons. The first-order valence-corrected chi connectivity index (χ1v) is 10.3. The summed E-state index contributed by atoms with van der Waals surface area (Å²) in [7, 11) is 6.23. The molecule has 0 aliphatic heterocycles. The van der Waals surface area contributed by atoms with Crippen molar-refractivity contribution >= 4 is 16.7 Å². The van der Waals surface area contributed by atoms with Crippen LogP contribution < -0.4 is 16.2 Å². The number of fused-ring (bicyclic) bond motifs is 1. The van der Waals surface area contributed by atoms with Crippen molar-refractivity contribution in [1.29, 1.82) is 0 Å². The SMILES string of the molecule is CN(C)CCN(C)C1=CCC(N)(c2nc(Oc3cccc(N)c3)c3cc[nH]c3n2)C=C1. The lowest BCUT2D eigenvalue weighted by Crippen LogP contribution is -2.38. The topological polar surface area (TPSA) is 109 Å². The van der Waals surface area contributed by atoms with Crippen LogP contribution in [0.4, 0.5) is 5.69 Å². The van der Waals surface area contributed by atoms with Gasteiger partial charge in [-0.15, -0.1) is 0 Å². The number of rotatable bonds is 7. The molecule has 1 aliphatic carbocycles. The molecule has 1 unspecified atom stereocenters. The number of nitrogens with zero attached hydrogens (tertiary/aromatic N) is 4. The Bertz CT molecular complexity index is 1130. The molecule has 5 N–H and O–H groups in total. The highest BCUT2D eigenvalue weighted by molar-refractivity contribution is 5.81. The summed E-state index contributed by atoms with van der Waals surface area (Å²) in [6, 6.07) is 9.14. The van der Waals surface area contributed by atoms with E-state index in [2.05, 4.69) is 47.0 Å². The molecule has 2 heterocycles. The maximum atomic E-state index is 6.74. The maximum Gasteiger partial charge on any atom is 0.232 e. The van der Waals surface area contributed by atoms with Gasteiger partial charge in [0.25, 0.3) is 0 Å². The molecule has 3 aromatic rings. The lowest BCUT2D eigenvalue weighted by Gasteiger charge is -2.30. The van der Waals surface area contributed by atoms with Gasteiger partial charge in [0.15, 0.2) is 5.82 Å². The molecular weight excluding hydrogens is 390 g/mol. The summed E-state index contributed by atoms with van der Waals surface area (Å²) in [6.07, 6.45) is 8.56. The van der Waals surface area contributed by atoms with Gasteiger partial charge in [-0.25, -0.2) is 4.98 Å². The summed E-state index contributed by atoms with van der Waals surface area (Å²) < 4.78 is 6.06. The molecule has 31 heavy (non-hydrogen) atoms. The summed E-state index contributed by atoms with van der Waals surface area (Å²) in [5.74, 6) is 1.56. The van der Waals surface area contributed by atoms with Crippen molar-refractivity contribution in [3.05, 3.63) is 66.3 Å². The third kappa shape index (κ3) is 4.55. The van der Waals surface area contributed by atoms with E-state index >= 15 is 0 Å². The maximum absolute atomic E-state index is 6.74. The monoisotopic (exact) mass is 419 g/mol. The molecule has 0 spiro atoms. The fourth-order valence-corrected chi connectivity index (χ4v) is 3.46. The number of aromatic nitrogens is 3. The van der Waals surface area contributed by atoms with Crippen LogP contribution in [0.2, 0.25) is 0 Å². The molecule has 0 bridgehead atoms. The fraction of sp³-hybridized carbons (Fsp3) is 0.304. The molecule has 1 atom stereocenters. The van der Waals surface area contributed by atoms with Gasteiger partial charge in [-0.3, -0.25) is 0 Å². The molecule has 8 nitrogen and oxygen atoms in total. The summed E-state index contributed by atoms with van der Waals surface area (Å²) in [5.41, 5.74) is 14.2. The van der Waals surface area contributed by atoms with Crippen LogP contribution >= 0.6 is 0 Å². The zero-order valence-electron chi connectivity index (χ0n) is 18.2. The Labute approximate surface area is 182 Å². The molecule has 0 saturated heterocycles. The quantitative estimate of drug-likeness (QED) is 0.505. The number of hydrogen-bond donors (Lipinski definition) is 3. The van der Waals surface area contributed by atoms with E-state index in [1.807, 2.05) is 42.6 Å². The molecule has 8 heteroatoms. The molecule has 0 fully saturated rings. The number of allylic oxidation sites excluding steroid dienone is 1. The van der Waals surface area contributed by atoms with Crippen LogP contribution in [0.25, 0.3) is 11.0 Å². The van der Waals surface area contributed by atoms with Crippen molar-refractivity contribution in [2.45, 2.75) is 12.0 Å². The minimum absolute atomic E-state index is 0.447. The second-order valence-electron chi connectivity index (χ2n) is 8.20. The number of nitrogens with two attached hydrogens (primary N) is 2. The predicted molar refractivity (Wildman–Crippen MR) is 124 cm³/mol. The number of likely N-dealkylation sites (N-methyl/N-ethyl adjacent to an activating group) is 2. The zero-order chi connectivity index (χ0) is 22.0. The van der Waals surface area contributed by atoms with Gasteiger partial charge in [0, 0.05) is 43.8 Å². The Hall–Kier alpha value is -3.36. The first-order valence-electron chi connectivity index (χ1n) is 10.3. The van der Waals surface area contributed by atoms with Crippen molar-refractivity contribution in [1.82, 2.24) is 24.8 Å². The first kappa shape index (κ1) is 20.9. The van der Waals surface area contributed by atoms with Gasteiger partial charge in [0.2, 0.25) is 5.88 Å². The van der Waals surface area contributed by atoms with Crippen molar-refractivity contribution in [3.63, 3.8) is 0 Å². The highest BCUT2D eigenvalue weighted by Gasteiger charge is 2.31. The van der Waals surface area contributed by atoms with Gasteiger partial charge >= 0.3 is 0 Å². The smallest absolute Gasteiger partial charge is 0.232 e. The highest BCUT2D eigenvalue weighted by Crippen LogP contribution is 2.33. The van der Waals surface area contributed by atoms with Crippen LogP contribution in [0.3, 0.4) is 0 Å². The van der Waals surface area contributed by atoms with E-state index in [4.69, 9.17) is 21.2 Å². The van der Waals surface area contributed by atoms with E-state index in [0.29, 0.717) is 35.2 Å². The molecule has 1 aliphatic rings. The van der Waals surface area contributed by atoms with E-state index < -0.39 is 5.54 Å². The van der Waals surface area contributed by atoms with Gasteiger partial charge < -0.3 is 31.0 Å². The number of H-pyrrole nitrogens is 1. The molecule has 162 valence electrons. The number of hydrogen-bond acceptors (Lipinski definition) is 7. The highest BCUT2D eigenvalue weighted by atomic mass is 16.5. The molecule has 0 amide bonds. The molecule has 0 saturated carbocycles. The minimum Gasteiger partial charge on any atom is -0.438 e. The van der Waals surface area contributed by atoms with Crippen LogP contribution in [-0.4, -0.2) is 59.0 Å². The van der Waals surface area contributed by atoms with Crippen LogP contribution in [0.5, 0.6) is 11.6 Å². The van der Waals surface area contributed by atoms with Gasteiger partial charge in [-0.05, 0) is 44.8 Å². The summed E-state index contributed by atoms with van der Waals surface area (Å²) >= 11 is 0. The third-order valence-electron chi connectivity index (χ3n) is 5.39. The van der Waals surface area contributed by atoms with Crippen molar-refractivity contribution in [2.24, 2.45) is 5.73 Å². The Balaban J connectivity index is 1.60. The number of aromatic amines is 1. The third-order valence-corrected chi connectivity index (χ3v) is 5.39. The standard InChI is InChI=1S/C23H29N7O/c1-29(2)13-14-30(3)17-7-10-23(25,11-8-17)22-27-20-19(9-12-26-20)21(28-22)31-18-6-4-5-16(24)15-18/h4-10,12,15H,11,13-14,24-25H2,1-3H3,(H,26,27,28). The molecule has 1 aromatic carbocycles. The lowest BCUT2D eigenvalue weighted by atomic mass is 9.90. The average Bonchev–Trinajstić information content (AvgIpc) is 3.22. The van der Waals surface area contributed by atoms with Crippen LogP contribution in [0.1, 0.15) is 12.2 Å². The van der Waals surface area contributed by atoms with Crippen LogP contribution in [0.15, 0.2) is 60.5 Å². The lowest BCUT2D eigenvalue weighted by molar-refractivity contribution is 0.327. The van der Waals surface area contributed by atoms with E-state index in [9.17, 15) is 0 Å². The normalized spacial score (nSPS) is 18.4. The molecular formula is C23H29N7O. The number of nitrogen functional groups attached to an aromatic ring is 1. The summed E-state index contributed by atoms with van der Waals surface area (Å²) in [6.45, 7) is 1.91. The number of nitrogens with one attached hydrogen (secondary N) is 1. The van der Waals surface area contributed by atoms with E-state index in [1.165, 1.54) is 0 Å². The Morgan fingerprint density at radius 2 is 2.00 bits per heavy atom. The van der Waals surface area contributed by atoms with Crippen molar-refractivity contribution in [2.75, 3.05) is 40.0 Å². The van der Waals surface area contributed by atoms with E-state index in [0.717, 1.165) is 24.2 Å². The molecule has 2 aromatic heterocycles. The van der Waals surface area contributed by atoms with Gasteiger partial charge in [-0.1, -0.05) is 18.2 Å². The number of ether oxygens (including phenoxy) is 1. The van der Waals surface area contributed by atoms with Gasteiger partial charge in [0.1, 0.15) is 11.4 Å². The van der Waals surface area contributed by atoms with E-state index in [-0.39, 0.29) is 0 Å².